The van der Waals surface area contributed by atoms with E-state index in [1.807, 2.05) is 0 Å². The Bertz CT molecular complexity index is 325. The summed E-state index contributed by atoms with van der Waals surface area (Å²) in [5.41, 5.74) is 0. The van der Waals surface area contributed by atoms with Gasteiger partial charge in [-0.15, -0.1) is 0 Å². The van der Waals surface area contributed by atoms with Gasteiger partial charge in [-0.2, -0.15) is 0 Å². The molecule has 0 radical (unpaired) electrons. The van der Waals surface area contributed by atoms with Crippen molar-refractivity contribution in [3.8, 4) is 0 Å². The second-order valence-electron chi connectivity index (χ2n) is 6.08. The summed E-state index contributed by atoms with van der Waals surface area (Å²) in [6.45, 7) is 7.21. The van der Waals surface area contributed by atoms with Crippen molar-refractivity contribution in [2.75, 3.05) is 26.2 Å². The summed E-state index contributed by atoms with van der Waals surface area (Å²) in [6.07, 6.45) is 9.59. The molecule has 1 amide bonds. The van der Waals surface area contributed by atoms with E-state index in [-0.39, 0.29) is 5.91 Å². The van der Waals surface area contributed by atoms with Crippen LogP contribution < -0.4 is 16.0 Å². The molecule has 0 aromatic heterocycles. The molecule has 1 saturated carbocycles. The third-order valence-electron chi connectivity index (χ3n) is 4.08. The van der Waals surface area contributed by atoms with Gasteiger partial charge in [0.25, 0.3) is 0 Å². The second kappa shape index (κ2) is 12.3. The highest BCUT2D eigenvalue weighted by molar-refractivity contribution is 5.81. The molecule has 0 aromatic rings. The SMILES string of the molecule is CCCNC(=O)CCNC(=NCCCC1CCCC1)NCC. The van der Waals surface area contributed by atoms with Crippen molar-refractivity contribution in [3.63, 3.8) is 0 Å². The highest BCUT2D eigenvalue weighted by Gasteiger charge is 2.13. The third-order valence-corrected chi connectivity index (χ3v) is 4.08. The molecular formula is C17H34N4O. The summed E-state index contributed by atoms with van der Waals surface area (Å²) >= 11 is 0. The minimum atomic E-state index is 0.103. The lowest BCUT2D eigenvalue weighted by molar-refractivity contribution is -0.120. The minimum absolute atomic E-state index is 0.103. The van der Waals surface area contributed by atoms with Crippen molar-refractivity contribution in [1.82, 2.24) is 16.0 Å². The van der Waals surface area contributed by atoms with E-state index in [2.05, 4.69) is 34.8 Å². The summed E-state index contributed by atoms with van der Waals surface area (Å²) < 4.78 is 0. The number of amides is 1. The van der Waals surface area contributed by atoms with E-state index in [1.54, 1.807) is 0 Å². The predicted octanol–water partition coefficient (Wildman–Crippen LogP) is 2.43. The molecule has 22 heavy (non-hydrogen) atoms. The molecule has 1 fully saturated rings. The number of aliphatic imine (C=N–C) groups is 1. The highest BCUT2D eigenvalue weighted by atomic mass is 16.1. The molecule has 0 bridgehead atoms. The molecule has 1 aliphatic carbocycles. The van der Waals surface area contributed by atoms with Crippen LogP contribution in [0.1, 0.15) is 65.2 Å². The third kappa shape index (κ3) is 8.90. The average molecular weight is 310 g/mol. The maximum atomic E-state index is 11.5. The van der Waals surface area contributed by atoms with Gasteiger partial charge in [0.2, 0.25) is 5.91 Å². The fourth-order valence-corrected chi connectivity index (χ4v) is 2.86. The molecule has 0 heterocycles. The molecular weight excluding hydrogens is 276 g/mol. The molecule has 5 heteroatoms. The number of carbonyl (C=O) groups excluding carboxylic acids is 1. The normalized spacial score (nSPS) is 15.8. The first-order chi connectivity index (χ1) is 10.8. The van der Waals surface area contributed by atoms with Crippen LogP contribution >= 0.6 is 0 Å². The fourth-order valence-electron chi connectivity index (χ4n) is 2.86. The molecule has 3 N–H and O–H groups in total. The Hall–Kier alpha value is -1.26. The Balaban J connectivity index is 2.15. The van der Waals surface area contributed by atoms with Gasteiger partial charge in [-0.25, -0.2) is 0 Å². The van der Waals surface area contributed by atoms with Crippen LogP contribution in [0.2, 0.25) is 0 Å². The molecule has 5 nitrogen and oxygen atoms in total. The molecule has 0 unspecified atom stereocenters. The quantitative estimate of drug-likeness (QED) is 0.330. The largest absolute Gasteiger partial charge is 0.357 e. The molecule has 0 atom stereocenters. The van der Waals surface area contributed by atoms with E-state index in [0.29, 0.717) is 13.0 Å². The van der Waals surface area contributed by atoms with E-state index in [1.165, 1.54) is 32.1 Å². The van der Waals surface area contributed by atoms with Crippen LogP contribution in [0.3, 0.4) is 0 Å². The molecule has 1 aliphatic rings. The number of hydrogen-bond acceptors (Lipinski definition) is 2. The van der Waals surface area contributed by atoms with Crippen LogP contribution in [-0.4, -0.2) is 38.0 Å². The van der Waals surface area contributed by atoms with Gasteiger partial charge in [0.15, 0.2) is 5.96 Å². The minimum Gasteiger partial charge on any atom is -0.357 e. The van der Waals surface area contributed by atoms with Gasteiger partial charge in [0.05, 0.1) is 0 Å². The lowest BCUT2D eigenvalue weighted by atomic mass is 10.0. The van der Waals surface area contributed by atoms with E-state index in [4.69, 9.17) is 0 Å². The van der Waals surface area contributed by atoms with Gasteiger partial charge in [0, 0.05) is 32.6 Å². The predicted molar refractivity (Wildman–Crippen MR) is 93.1 cm³/mol. The van der Waals surface area contributed by atoms with Gasteiger partial charge in [0.1, 0.15) is 0 Å². The van der Waals surface area contributed by atoms with Crippen LogP contribution in [0, 0.1) is 5.92 Å². The zero-order valence-electron chi connectivity index (χ0n) is 14.4. The van der Waals surface area contributed by atoms with Crippen LogP contribution in [0.15, 0.2) is 4.99 Å². The Morgan fingerprint density at radius 3 is 2.55 bits per heavy atom. The molecule has 0 saturated heterocycles. The van der Waals surface area contributed by atoms with Crippen molar-refractivity contribution in [3.05, 3.63) is 0 Å². The zero-order valence-corrected chi connectivity index (χ0v) is 14.4. The number of hydrogen-bond donors (Lipinski definition) is 3. The standard InChI is InChI=1S/C17H34N4O/c1-3-12-19-16(22)11-14-21-17(18-4-2)20-13-7-10-15-8-5-6-9-15/h15H,3-14H2,1-2H3,(H,19,22)(H2,18,20,21). The van der Waals surface area contributed by atoms with E-state index < -0.39 is 0 Å². The van der Waals surface area contributed by atoms with Gasteiger partial charge in [-0.1, -0.05) is 32.6 Å². The van der Waals surface area contributed by atoms with Gasteiger partial charge < -0.3 is 16.0 Å². The maximum absolute atomic E-state index is 11.5. The Morgan fingerprint density at radius 2 is 1.86 bits per heavy atom. The molecule has 1 rings (SSSR count). The van der Waals surface area contributed by atoms with Gasteiger partial charge >= 0.3 is 0 Å². The van der Waals surface area contributed by atoms with E-state index in [9.17, 15) is 4.79 Å². The smallest absolute Gasteiger partial charge is 0.221 e. The number of rotatable bonds is 10. The first-order valence-electron chi connectivity index (χ1n) is 9.05. The molecule has 0 aliphatic heterocycles. The van der Waals surface area contributed by atoms with Crippen molar-refractivity contribution in [2.24, 2.45) is 10.9 Å². The van der Waals surface area contributed by atoms with Crippen LogP contribution in [0.25, 0.3) is 0 Å². The molecule has 0 aromatic carbocycles. The number of carbonyl (C=O) groups is 1. The Labute approximate surface area is 135 Å². The maximum Gasteiger partial charge on any atom is 0.221 e. The highest BCUT2D eigenvalue weighted by Crippen LogP contribution is 2.28. The number of nitrogens with zero attached hydrogens (tertiary/aromatic N) is 1. The Morgan fingerprint density at radius 1 is 1.09 bits per heavy atom. The van der Waals surface area contributed by atoms with Crippen molar-refractivity contribution in [2.45, 2.75) is 65.2 Å². The van der Waals surface area contributed by atoms with Crippen molar-refractivity contribution < 1.29 is 4.79 Å². The Kier molecular flexibility index (Phi) is 10.5. The number of nitrogens with one attached hydrogen (secondary N) is 3. The first kappa shape index (κ1) is 18.8. The topological polar surface area (TPSA) is 65.5 Å². The van der Waals surface area contributed by atoms with E-state index >= 15 is 0 Å². The van der Waals surface area contributed by atoms with Crippen LogP contribution in [0.5, 0.6) is 0 Å². The monoisotopic (exact) mass is 310 g/mol. The summed E-state index contributed by atoms with van der Waals surface area (Å²) in [5.74, 6) is 1.87. The summed E-state index contributed by atoms with van der Waals surface area (Å²) in [5, 5.41) is 9.35. The molecule has 0 spiro atoms. The van der Waals surface area contributed by atoms with E-state index in [0.717, 1.165) is 44.4 Å². The lowest BCUT2D eigenvalue weighted by Gasteiger charge is -2.12. The summed E-state index contributed by atoms with van der Waals surface area (Å²) in [4.78, 5) is 16.1. The lowest BCUT2D eigenvalue weighted by Crippen LogP contribution is -2.39. The average Bonchev–Trinajstić information content (AvgIpc) is 3.02. The fraction of sp³-hybridized carbons (Fsp3) is 0.882. The van der Waals surface area contributed by atoms with Crippen molar-refractivity contribution in [1.29, 1.82) is 0 Å². The summed E-state index contributed by atoms with van der Waals surface area (Å²) in [7, 11) is 0. The summed E-state index contributed by atoms with van der Waals surface area (Å²) in [6, 6.07) is 0. The van der Waals surface area contributed by atoms with Gasteiger partial charge in [-0.3, -0.25) is 9.79 Å². The van der Waals surface area contributed by atoms with Crippen molar-refractivity contribution >= 4 is 11.9 Å². The van der Waals surface area contributed by atoms with Crippen LogP contribution in [0.4, 0.5) is 0 Å². The first-order valence-corrected chi connectivity index (χ1v) is 9.05. The molecule has 128 valence electrons. The van der Waals surface area contributed by atoms with Crippen LogP contribution in [-0.2, 0) is 4.79 Å². The number of guanidine groups is 1. The van der Waals surface area contributed by atoms with Gasteiger partial charge in [-0.05, 0) is 32.1 Å². The second-order valence-corrected chi connectivity index (χ2v) is 6.08. The zero-order chi connectivity index (χ0) is 16.0.